The van der Waals surface area contributed by atoms with Crippen molar-refractivity contribution < 1.29 is 14.7 Å². The highest BCUT2D eigenvalue weighted by atomic mass is 16.4. The molecular formula is C18H28N4O3. The summed E-state index contributed by atoms with van der Waals surface area (Å²) in [6.07, 6.45) is 5.10. The van der Waals surface area contributed by atoms with E-state index in [2.05, 4.69) is 15.6 Å². The van der Waals surface area contributed by atoms with Gasteiger partial charge in [0.15, 0.2) is 0 Å². The van der Waals surface area contributed by atoms with Crippen molar-refractivity contribution >= 4 is 12.0 Å². The molecule has 1 fully saturated rings. The Labute approximate surface area is 148 Å². The molecule has 0 saturated heterocycles. The number of carboxylic acid groups (broad SMARTS) is 1. The highest BCUT2D eigenvalue weighted by molar-refractivity contribution is 5.74. The number of aliphatic carboxylic acids is 1. The second kappa shape index (κ2) is 9.36. The molecule has 1 aliphatic rings. The van der Waals surface area contributed by atoms with Gasteiger partial charge in [0.2, 0.25) is 0 Å². The number of aromatic nitrogens is 1. The van der Waals surface area contributed by atoms with Crippen molar-refractivity contribution in [3.05, 3.63) is 29.6 Å². The van der Waals surface area contributed by atoms with Gasteiger partial charge in [-0.1, -0.05) is 13.0 Å². The number of nitrogens with one attached hydrogen (secondary N) is 2. The Morgan fingerprint density at radius 1 is 1.40 bits per heavy atom. The third kappa shape index (κ3) is 6.01. The van der Waals surface area contributed by atoms with Crippen molar-refractivity contribution in [1.82, 2.24) is 20.5 Å². The van der Waals surface area contributed by atoms with Gasteiger partial charge >= 0.3 is 12.0 Å². The maximum Gasteiger partial charge on any atom is 0.317 e. The standard InChI is InChI=1S/C18H28N4O3/c1-3-22(12-17(23)24)15-10-14(11-15)21-18(25)20-9-5-7-16-13(2)6-4-8-19-16/h4,6,8,14-15H,3,5,7,9-12H2,1-2H3,(H,23,24)(H2,20,21,25). The van der Waals surface area contributed by atoms with Crippen LogP contribution < -0.4 is 10.6 Å². The van der Waals surface area contributed by atoms with Gasteiger partial charge in [-0.25, -0.2) is 4.79 Å². The van der Waals surface area contributed by atoms with E-state index in [1.807, 2.05) is 30.9 Å². The Kier molecular flexibility index (Phi) is 7.18. The number of nitrogens with zero attached hydrogens (tertiary/aromatic N) is 2. The third-order valence-electron chi connectivity index (χ3n) is 4.70. The molecule has 1 saturated carbocycles. The predicted octanol–water partition coefficient (Wildman–Crippen LogP) is 1.56. The number of carbonyl (C=O) groups is 2. The Morgan fingerprint density at radius 2 is 2.16 bits per heavy atom. The van der Waals surface area contributed by atoms with E-state index in [0.717, 1.165) is 31.4 Å². The van der Waals surface area contributed by atoms with Crippen LogP contribution in [0.5, 0.6) is 0 Å². The van der Waals surface area contributed by atoms with E-state index >= 15 is 0 Å². The summed E-state index contributed by atoms with van der Waals surface area (Å²) in [5, 5.41) is 14.7. The highest BCUT2D eigenvalue weighted by Gasteiger charge is 2.34. The Balaban J connectivity index is 1.59. The monoisotopic (exact) mass is 348 g/mol. The van der Waals surface area contributed by atoms with E-state index in [9.17, 15) is 9.59 Å². The summed E-state index contributed by atoms with van der Waals surface area (Å²) < 4.78 is 0. The minimum absolute atomic E-state index is 0.0625. The Morgan fingerprint density at radius 3 is 2.80 bits per heavy atom. The van der Waals surface area contributed by atoms with Crippen LogP contribution in [0.15, 0.2) is 18.3 Å². The van der Waals surface area contributed by atoms with E-state index in [-0.39, 0.29) is 24.7 Å². The van der Waals surface area contributed by atoms with Gasteiger partial charge in [-0.3, -0.25) is 14.7 Å². The number of carbonyl (C=O) groups excluding carboxylic acids is 1. The molecule has 0 bridgehead atoms. The number of likely N-dealkylation sites (N-methyl/N-ethyl adjacent to an activating group) is 1. The molecule has 0 spiro atoms. The van der Waals surface area contributed by atoms with E-state index in [1.165, 1.54) is 5.56 Å². The van der Waals surface area contributed by atoms with Crippen molar-refractivity contribution in [1.29, 1.82) is 0 Å². The van der Waals surface area contributed by atoms with Crippen LogP contribution in [0.25, 0.3) is 0 Å². The smallest absolute Gasteiger partial charge is 0.317 e. The number of rotatable bonds is 9. The largest absolute Gasteiger partial charge is 0.480 e. The first kappa shape index (κ1) is 19.2. The van der Waals surface area contributed by atoms with Crippen molar-refractivity contribution in [3.8, 4) is 0 Å². The molecule has 25 heavy (non-hydrogen) atoms. The maximum atomic E-state index is 11.9. The predicted molar refractivity (Wildman–Crippen MR) is 95.5 cm³/mol. The highest BCUT2D eigenvalue weighted by Crippen LogP contribution is 2.25. The molecule has 7 nitrogen and oxygen atoms in total. The van der Waals surface area contributed by atoms with Gasteiger partial charge in [0, 0.05) is 30.5 Å². The summed E-state index contributed by atoms with van der Waals surface area (Å²) in [7, 11) is 0. The zero-order valence-electron chi connectivity index (χ0n) is 15.0. The normalized spacial score (nSPS) is 19.3. The fourth-order valence-corrected chi connectivity index (χ4v) is 3.15. The van der Waals surface area contributed by atoms with Crippen LogP contribution in [-0.4, -0.2) is 58.7 Å². The number of aryl methyl sites for hydroxylation is 2. The molecule has 0 aromatic carbocycles. The molecular weight excluding hydrogens is 320 g/mol. The van der Waals surface area contributed by atoms with Crippen LogP contribution in [0, 0.1) is 6.92 Å². The van der Waals surface area contributed by atoms with Gasteiger partial charge in [-0.15, -0.1) is 0 Å². The van der Waals surface area contributed by atoms with Gasteiger partial charge in [-0.2, -0.15) is 0 Å². The molecule has 1 aromatic heterocycles. The number of hydrogen-bond donors (Lipinski definition) is 3. The lowest BCUT2D eigenvalue weighted by atomic mass is 9.85. The van der Waals surface area contributed by atoms with Crippen molar-refractivity contribution in [2.45, 2.75) is 51.6 Å². The fraction of sp³-hybridized carbons (Fsp3) is 0.611. The Bertz CT molecular complexity index is 587. The lowest BCUT2D eigenvalue weighted by Gasteiger charge is -2.42. The molecule has 0 atom stereocenters. The van der Waals surface area contributed by atoms with E-state index in [0.29, 0.717) is 13.1 Å². The zero-order chi connectivity index (χ0) is 18.2. The Hall–Kier alpha value is -2.15. The number of hydrogen-bond acceptors (Lipinski definition) is 4. The first-order valence-corrected chi connectivity index (χ1v) is 8.90. The molecule has 138 valence electrons. The number of urea groups is 1. The van der Waals surface area contributed by atoms with Gasteiger partial charge in [0.05, 0.1) is 6.54 Å². The molecule has 2 amide bonds. The number of pyridine rings is 1. The average Bonchev–Trinajstić information content (AvgIpc) is 2.54. The summed E-state index contributed by atoms with van der Waals surface area (Å²) in [6, 6.07) is 4.19. The lowest BCUT2D eigenvalue weighted by molar-refractivity contribution is -0.139. The van der Waals surface area contributed by atoms with Crippen LogP contribution >= 0.6 is 0 Å². The van der Waals surface area contributed by atoms with Gasteiger partial charge in [0.25, 0.3) is 0 Å². The minimum Gasteiger partial charge on any atom is -0.480 e. The van der Waals surface area contributed by atoms with Crippen LogP contribution in [0.2, 0.25) is 0 Å². The molecule has 0 radical (unpaired) electrons. The van der Waals surface area contributed by atoms with Crippen LogP contribution in [0.3, 0.4) is 0 Å². The van der Waals surface area contributed by atoms with Gasteiger partial charge < -0.3 is 15.7 Å². The molecule has 3 N–H and O–H groups in total. The summed E-state index contributed by atoms with van der Waals surface area (Å²) >= 11 is 0. The molecule has 1 aliphatic carbocycles. The van der Waals surface area contributed by atoms with Gasteiger partial charge in [0.1, 0.15) is 0 Å². The zero-order valence-corrected chi connectivity index (χ0v) is 15.0. The summed E-state index contributed by atoms with van der Waals surface area (Å²) in [6.45, 7) is 5.38. The lowest BCUT2D eigenvalue weighted by Crippen LogP contribution is -2.56. The summed E-state index contributed by atoms with van der Waals surface area (Å²) in [4.78, 5) is 29.0. The number of carboxylic acids is 1. The topological polar surface area (TPSA) is 94.6 Å². The first-order chi connectivity index (χ1) is 12.0. The second-order valence-corrected chi connectivity index (χ2v) is 6.55. The minimum atomic E-state index is -0.806. The van der Waals surface area contributed by atoms with Crippen LogP contribution in [0.4, 0.5) is 4.79 Å². The van der Waals surface area contributed by atoms with Crippen molar-refractivity contribution in [2.75, 3.05) is 19.6 Å². The molecule has 1 heterocycles. The molecule has 2 rings (SSSR count). The molecule has 0 aliphatic heterocycles. The fourth-order valence-electron chi connectivity index (χ4n) is 3.15. The summed E-state index contributed by atoms with van der Waals surface area (Å²) in [5.41, 5.74) is 2.25. The summed E-state index contributed by atoms with van der Waals surface area (Å²) in [5.74, 6) is -0.806. The molecule has 7 heteroatoms. The average molecular weight is 348 g/mol. The van der Waals surface area contributed by atoms with E-state index in [1.54, 1.807) is 6.20 Å². The third-order valence-corrected chi connectivity index (χ3v) is 4.70. The second-order valence-electron chi connectivity index (χ2n) is 6.55. The molecule has 0 unspecified atom stereocenters. The first-order valence-electron chi connectivity index (χ1n) is 8.90. The van der Waals surface area contributed by atoms with E-state index in [4.69, 9.17) is 5.11 Å². The maximum absolute atomic E-state index is 11.9. The van der Waals surface area contributed by atoms with Crippen molar-refractivity contribution in [2.24, 2.45) is 0 Å². The van der Waals surface area contributed by atoms with Gasteiger partial charge in [-0.05, 0) is 50.8 Å². The SMILES string of the molecule is CCN(CC(=O)O)C1CC(NC(=O)NCCCc2ncccc2C)C1. The quantitative estimate of drug-likeness (QED) is 0.589. The van der Waals surface area contributed by atoms with E-state index < -0.39 is 5.97 Å². The van der Waals surface area contributed by atoms with Crippen molar-refractivity contribution in [3.63, 3.8) is 0 Å². The number of amides is 2. The van der Waals surface area contributed by atoms with Crippen LogP contribution in [0.1, 0.15) is 37.4 Å². The van der Waals surface area contributed by atoms with Crippen LogP contribution in [-0.2, 0) is 11.2 Å². The molecule has 1 aromatic rings.